The average molecular weight is 430 g/mol. The van der Waals surface area contributed by atoms with Crippen molar-refractivity contribution in [1.82, 2.24) is 0 Å². The zero-order valence-electron chi connectivity index (χ0n) is 16.8. The molecular weight excluding hydrogens is 407 g/mol. The Morgan fingerprint density at radius 1 is 1.23 bits per heavy atom. The molecule has 0 bridgehead atoms. The number of urea groups is 1. The van der Waals surface area contributed by atoms with Crippen molar-refractivity contribution in [3.8, 4) is 5.75 Å². The summed E-state index contributed by atoms with van der Waals surface area (Å²) in [7, 11) is 1.32. The second kappa shape index (κ2) is 8.91. The van der Waals surface area contributed by atoms with Crippen molar-refractivity contribution in [2.75, 3.05) is 24.4 Å². The Bertz CT molecular complexity index is 984. The van der Waals surface area contributed by atoms with E-state index in [4.69, 9.17) is 14.2 Å². The zero-order chi connectivity index (χ0) is 22.0. The Morgan fingerprint density at radius 3 is 2.77 bits per heavy atom. The molecule has 2 aromatic rings. The molecule has 8 nitrogen and oxygen atoms in total. The molecule has 0 aromatic heterocycles. The molecule has 2 aromatic carbocycles. The minimum absolute atomic E-state index is 0.0745. The van der Waals surface area contributed by atoms with Crippen LogP contribution in [-0.4, -0.2) is 49.1 Å². The molecule has 0 spiro atoms. The first-order valence-electron chi connectivity index (χ1n) is 9.94. The van der Waals surface area contributed by atoms with Gasteiger partial charge in [-0.25, -0.2) is 9.18 Å². The number of nitrogens with one attached hydrogen (secondary N) is 2. The number of rotatable bonds is 5. The van der Waals surface area contributed by atoms with Crippen molar-refractivity contribution in [3.05, 3.63) is 53.8 Å². The fraction of sp³-hybridized carbons (Fsp3) is 0.364. The number of carbonyl (C=O) groups excluding carboxylic acids is 2. The van der Waals surface area contributed by atoms with E-state index in [0.29, 0.717) is 17.9 Å². The van der Waals surface area contributed by atoms with Crippen LogP contribution in [-0.2, 0) is 14.3 Å². The van der Waals surface area contributed by atoms with Crippen molar-refractivity contribution in [3.63, 3.8) is 0 Å². The lowest BCUT2D eigenvalue weighted by Crippen LogP contribution is -2.46. The van der Waals surface area contributed by atoms with E-state index in [9.17, 15) is 19.1 Å². The van der Waals surface area contributed by atoms with Gasteiger partial charge in [0.2, 0.25) is 0 Å². The minimum Gasteiger partial charge on any atom is -0.487 e. The van der Waals surface area contributed by atoms with Gasteiger partial charge in [0.25, 0.3) is 0 Å². The third-order valence-corrected chi connectivity index (χ3v) is 5.50. The highest BCUT2D eigenvalue weighted by Gasteiger charge is 2.46. The van der Waals surface area contributed by atoms with E-state index in [1.807, 2.05) is 0 Å². The number of hydrogen-bond acceptors (Lipinski definition) is 6. The maximum atomic E-state index is 13.8. The number of para-hydroxylation sites is 1. The molecule has 4 rings (SSSR count). The van der Waals surface area contributed by atoms with Gasteiger partial charge in [-0.3, -0.25) is 4.79 Å². The first-order chi connectivity index (χ1) is 15.0. The number of hydrogen-bond donors (Lipinski definition) is 3. The van der Waals surface area contributed by atoms with Gasteiger partial charge in [0, 0.05) is 17.2 Å². The number of anilines is 2. The third-order valence-electron chi connectivity index (χ3n) is 5.50. The van der Waals surface area contributed by atoms with Crippen molar-refractivity contribution in [1.29, 1.82) is 0 Å². The van der Waals surface area contributed by atoms with Gasteiger partial charge in [0.05, 0.1) is 31.9 Å². The molecule has 0 radical (unpaired) electrons. The summed E-state index contributed by atoms with van der Waals surface area (Å²) >= 11 is 0. The minimum atomic E-state index is -0.582. The lowest BCUT2D eigenvalue weighted by atomic mass is 9.84. The summed E-state index contributed by atoms with van der Waals surface area (Å²) in [5.41, 5.74) is 1.43. The molecule has 2 aliphatic rings. The number of amides is 2. The molecule has 2 heterocycles. The van der Waals surface area contributed by atoms with Gasteiger partial charge in [-0.1, -0.05) is 12.1 Å². The monoisotopic (exact) mass is 430 g/mol. The number of benzene rings is 2. The van der Waals surface area contributed by atoms with E-state index < -0.39 is 30.2 Å². The van der Waals surface area contributed by atoms with E-state index >= 15 is 0 Å². The summed E-state index contributed by atoms with van der Waals surface area (Å²) < 4.78 is 30.3. The molecule has 164 valence electrons. The predicted molar refractivity (Wildman–Crippen MR) is 110 cm³/mol. The summed E-state index contributed by atoms with van der Waals surface area (Å²) in [4.78, 5) is 24.0. The second-order valence-corrected chi connectivity index (χ2v) is 7.50. The fourth-order valence-corrected chi connectivity index (χ4v) is 4.08. The predicted octanol–water partition coefficient (Wildman–Crippen LogP) is 3.03. The van der Waals surface area contributed by atoms with Crippen LogP contribution in [0.3, 0.4) is 0 Å². The molecule has 1 saturated heterocycles. The normalized spacial score (nSPS) is 23.8. The molecule has 31 heavy (non-hydrogen) atoms. The van der Waals surface area contributed by atoms with Crippen LogP contribution in [0.2, 0.25) is 0 Å². The highest BCUT2D eigenvalue weighted by molar-refractivity contribution is 5.99. The van der Waals surface area contributed by atoms with Crippen LogP contribution in [0.15, 0.2) is 42.5 Å². The fourth-order valence-electron chi connectivity index (χ4n) is 4.08. The second-order valence-electron chi connectivity index (χ2n) is 7.50. The van der Waals surface area contributed by atoms with Gasteiger partial charge in [-0.15, -0.1) is 0 Å². The van der Waals surface area contributed by atoms with Gasteiger partial charge < -0.3 is 30.0 Å². The highest BCUT2D eigenvalue weighted by Crippen LogP contribution is 2.47. The first-order valence-corrected chi connectivity index (χ1v) is 9.94. The van der Waals surface area contributed by atoms with Crippen LogP contribution in [0.5, 0.6) is 5.75 Å². The highest BCUT2D eigenvalue weighted by atomic mass is 19.1. The molecule has 0 unspecified atom stereocenters. The van der Waals surface area contributed by atoms with E-state index in [2.05, 4.69) is 10.6 Å². The Balaban J connectivity index is 1.49. The summed E-state index contributed by atoms with van der Waals surface area (Å²) in [5.74, 6) is -0.404. The van der Waals surface area contributed by atoms with Gasteiger partial charge in [0.15, 0.2) is 0 Å². The lowest BCUT2D eigenvalue weighted by molar-refractivity contribution is -0.156. The SMILES string of the molecule is COC(=O)C[C@@H]1C[C@H]2c3cc(NC(=O)Nc4ccccc4F)ccc3O[C@H]2[C@H](CO)O1. The third kappa shape index (κ3) is 4.47. The lowest BCUT2D eigenvalue weighted by Gasteiger charge is -2.36. The molecule has 2 amide bonds. The molecule has 9 heteroatoms. The molecule has 3 N–H and O–H groups in total. The van der Waals surface area contributed by atoms with E-state index in [0.717, 1.165) is 5.56 Å². The summed E-state index contributed by atoms with van der Waals surface area (Å²) in [6.07, 6.45) is -0.804. The smallest absolute Gasteiger partial charge is 0.323 e. The Hall–Kier alpha value is -3.17. The number of aliphatic hydroxyl groups is 1. The maximum Gasteiger partial charge on any atom is 0.323 e. The number of esters is 1. The average Bonchev–Trinajstić information content (AvgIpc) is 3.12. The van der Waals surface area contributed by atoms with Gasteiger partial charge in [-0.05, 0) is 36.8 Å². The van der Waals surface area contributed by atoms with Crippen LogP contribution >= 0.6 is 0 Å². The summed E-state index contributed by atoms with van der Waals surface area (Å²) in [6, 6.07) is 10.5. The molecule has 4 atom stereocenters. The number of fused-ring (bicyclic) bond motifs is 3. The number of aliphatic hydroxyl groups excluding tert-OH is 1. The van der Waals surface area contributed by atoms with Gasteiger partial charge in [0.1, 0.15) is 23.8 Å². The Kier molecular flexibility index (Phi) is 6.06. The van der Waals surface area contributed by atoms with Crippen molar-refractivity contribution in [2.24, 2.45) is 0 Å². The summed E-state index contributed by atoms with van der Waals surface area (Å²) in [5, 5.41) is 14.9. The molecule has 2 aliphatic heterocycles. The van der Waals surface area contributed by atoms with Crippen LogP contribution in [0, 0.1) is 5.82 Å². The van der Waals surface area contributed by atoms with Gasteiger partial charge >= 0.3 is 12.0 Å². The first kappa shape index (κ1) is 21.1. The number of methoxy groups -OCH3 is 1. The standard InChI is InChI=1S/C22H23FN2O6/c1-29-20(27)10-13-9-15-14-8-12(6-7-18(14)31-21(15)19(11-26)30-13)24-22(28)25-17-5-3-2-4-16(17)23/h2-8,13,15,19,21,26H,9-11H2,1H3,(H2,24,25,28)/t13-,15-,19-,21+/m0/s1. The van der Waals surface area contributed by atoms with E-state index in [-0.39, 0.29) is 30.6 Å². The maximum absolute atomic E-state index is 13.8. The molecular formula is C22H23FN2O6. The number of ether oxygens (including phenoxy) is 3. The van der Waals surface area contributed by atoms with Crippen molar-refractivity contribution < 1.29 is 33.3 Å². The molecule has 0 saturated carbocycles. The van der Waals surface area contributed by atoms with E-state index in [1.165, 1.54) is 25.3 Å². The molecule has 0 aliphatic carbocycles. The van der Waals surface area contributed by atoms with Crippen molar-refractivity contribution in [2.45, 2.75) is 37.1 Å². The number of carbonyl (C=O) groups is 2. The van der Waals surface area contributed by atoms with E-state index in [1.54, 1.807) is 24.3 Å². The van der Waals surface area contributed by atoms with Crippen LogP contribution in [0.25, 0.3) is 0 Å². The quantitative estimate of drug-likeness (QED) is 0.630. The van der Waals surface area contributed by atoms with Crippen LogP contribution in [0.1, 0.15) is 24.3 Å². The number of halogens is 1. The topological polar surface area (TPSA) is 106 Å². The van der Waals surface area contributed by atoms with Crippen LogP contribution in [0.4, 0.5) is 20.6 Å². The summed E-state index contributed by atoms with van der Waals surface area (Å²) in [6.45, 7) is -0.247. The van der Waals surface area contributed by atoms with Crippen LogP contribution < -0.4 is 15.4 Å². The molecule has 1 fully saturated rings. The van der Waals surface area contributed by atoms with Gasteiger partial charge in [-0.2, -0.15) is 0 Å². The zero-order valence-corrected chi connectivity index (χ0v) is 16.8. The van der Waals surface area contributed by atoms with Crippen molar-refractivity contribution >= 4 is 23.4 Å². The largest absolute Gasteiger partial charge is 0.487 e. The Morgan fingerprint density at radius 2 is 2.03 bits per heavy atom. The Labute approximate surface area is 178 Å².